The largest absolute Gasteiger partial charge is 0.352 e. The van der Waals surface area contributed by atoms with Crippen molar-refractivity contribution in [1.29, 1.82) is 0 Å². The molecule has 1 heterocycles. The highest BCUT2D eigenvalue weighted by Gasteiger charge is 2.03. The van der Waals surface area contributed by atoms with Crippen LogP contribution in [0.2, 0.25) is 0 Å². The molecule has 0 saturated heterocycles. The van der Waals surface area contributed by atoms with E-state index in [1.165, 1.54) is 10.7 Å². The van der Waals surface area contributed by atoms with Crippen molar-refractivity contribution in [1.82, 2.24) is 15.1 Å². The second-order valence-corrected chi connectivity index (χ2v) is 4.64. The summed E-state index contributed by atoms with van der Waals surface area (Å²) in [5, 5.41) is 6.88. The standard InChI is InChI=1S/C15H18N4O2/c16-15(21)17-10-4-5-11-19-14(20)9-8-13(18-19)12-6-2-1-3-7-12/h1-3,6-9H,4-5,10-11H2,(H3,16,17,21). The highest BCUT2D eigenvalue weighted by atomic mass is 16.2. The summed E-state index contributed by atoms with van der Waals surface area (Å²) in [6, 6.07) is 12.4. The molecule has 110 valence electrons. The molecule has 0 aliphatic rings. The monoisotopic (exact) mass is 286 g/mol. The van der Waals surface area contributed by atoms with E-state index < -0.39 is 6.03 Å². The minimum absolute atomic E-state index is 0.127. The quantitative estimate of drug-likeness (QED) is 0.786. The number of aromatic nitrogens is 2. The molecule has 2 amide bonds. The van der Waals surface area contributed by atoms with Crippen LogP contribution >= 0.6 is 0 Å². The van der Waals surface area contributed by atoms with Gasteiger partial charge in [-0.15, -0.1) is 0 Å². The Morgan fingerprint density at radius 3 is 2.62 bits per heavy atom. The smallest absolute Gasteiger partial charge is 0.312 e. The van der Waals surface area contributed by atoms with Crippen LogP contribution in [0.1, 0.15) is 12.8 Å². The number of amides is 2. The SMILES string of the molecule is NC(=O)NCCCCn1nc(-c2ccccc2)ccc1=O. The van der Waals surface area contributed by atoms with Gasteiger partial charge in [-0.05, 0) is 18.9 Å². The molecule has 0 saturated carbocycles. The predicted octanol–water partition coefficient (Wildman–Crippen LogP) is 1.36. The number of nitrogens with zero attached hydrogens (tertiary/aromatic N) is 2. The number of aryl methyl sites for hydroxylation is 1. The van der Waals surface area contributed by atoms with Crippen molar-refractivity contribution >= 4 is 6.03 Å². The number of carbonyl (C=O) groups excluding carboxylic acids is 1. The molecule has 0 unspecified atom stereocenters. The van der Waals surface area contributed by atoms with E-state index in [2.05, 4.69) is 10.4 Å². The first kappa shape index (κ1) is 14.8. The lowest BCUT2D eigenvalue weighted by Crippen LogP contribution is -2.30. The fourth-order valence-corrected chi connectivity index (χ4v) is 1.97. The lowest BCUT2D eigenvalue weighted by Gasteiger charge is -2.07. The number of urea groups is 1. The molecule has 0 aliphatic carbocycles. The van der Waals surface area contributed by atoms with Crippen LogP contribution < -0.4 is 16.6 Å². The number of benzene rings is 1. The molecule has 6 heteroatoms. The van der Waals surface area contributed by atoms with Gasteiger partial charge < -0.3 is 11.1 Å². The molecular weight excluding hydrogens is 268 g/mol. The summed E-state index contributed by atoms with van der Waals surface area (Å²) < 4.78 is 1.45. The van der Waals surface area contributed by atoms with E-state index in [4.69, 9.17) is 5.73 Å². The number of hydrogen-bond acceptors (Lipinski definition) is 3. The fraction of sp³-hybridized carbons (Fsp3) is 0.267. The van der Waals surface area contributed by atoms with Crippen molar-refractivity contribution in [3.8, 4) is 11.3 Å². The van der Waals surface area contributed by atoms with Gasteiger partial charge in [-0.25, -0.2) is 9.48 Å². The Balaban J connectivity index is 2.00. The summed E-state index contributed by atoms with van der Waals surface area (Å²) in [5.41, 5.74) is 6.59. The summed E-state index contributed by atoms with van der Waals surface area (Å²) in [6.07, 6.45) is 1.48. The van der Waals surface area contributed by atoms with Gasteiger partial charge in [-0.3, -0.25) is 4.79 Å². The van der Waals surface area contributed by atoms with Gasteiger partial charge in [-0.2, -0.15) is 5.10 Å². The highest BCUT2D eigenvalue weighted by Crippen LogP contribution is 2.13. The van der Waals surface area contributed by atoms with Gasteiger partial charge in [-0.1, -0.05) is 30.3 Å². The van der Waals surface area contributed by atoms with Crippen molar-refractivity contribution in [2.45, 2.75) is 19.4 Å². The summed E-state index contributed by atoms with van der Waals surface area (Å²) in [7, 11) is 0. The van der Waals surface area contributed by atoms with Crippen molar-refractivity contribution in [2.24, 2.45) is 5.73 Å². The summed E-state index contributed by atoms with van der Waals surface area (Å²) in [4.78, 5) is 22.3. The van der Waals surface area contributed by atoms with E-state index in [-0.39, 0.29) is 5.56 Å². The molecule has 2 aromatic rings. The number of rotatable bonds is 6. The van der Waals surface area contributed by atoms with Gasteiger partial charge in [0.1, 0.15) is 0 Å². The number of carbonyl (C=O) groups is 1. The van der Waals surface area contributed by atoms with E-state index in [0.29, 0.717) is 13.1 Å². The van der Waals surface area contributed by atoms with E-state index in [1.54, 1.807) is 6.07 Å². The molecule has 3 N–H and O–H groups in total. The summed E-state index contributed by atoms with van der Waals surface area (Å²) in [5.74, 6) is 0. The van der Waals surface area contributed by atoms with Crippen molar-refractivity contribution in [2.75, 3.05) is 6.54 Å². The Morgan fingerprint density at radius 1 is 1.14 bits per heavy atom. The Labute approximate surface area is 122 Å². The maximum atomic E-state index is 11.8. The number of nitrogens with two attached hydrogens (primary N) is 1. The molecule has 0 spiro atoms. The topological polar surface area (TPSA) is 90.0 Å². The van der Waals surface area contributed by atoms with E-state index in [9.17, 15) is 9.59 Å². The normalized spacial score (nSPS) is 10.3. The minimum atomic E-state index is -0.531. The van der Waals surface area contributed by atoms with Crippen LogP contribution in [0, 0.1) is 0 Å². The Kier molecular flexibility index (Phi) is 5.09. The first-order chi connectivity index (χ1) is 10.2. The Bertz CT molecular complexity index is 652. The molecule has 21 heavy (non-hydrogen) atoms. The van der Waals surface area contributed by atoms with Gasteiger partial charge in [0.2, 0.25) is 0 Å². The van der Waals surface area contributed by atoms with Gasteiger partial charge in [0.15, 0.2) is 0 Å². The third-order valence-electron chi connectivity index (χ3n) is 3.03. The second-order valence-electron chi connectivity index (χ2n) is 4.64. The zero-order valence-electron chi connectivity index (χ0n) is 11.7. The highest BCUT2D eigenvalue weighted by molar-refractivity contribution is 5.71. The van der Waals surface area contributed by atoms with Crippen LogP contribution in [0.5, 0.6) is 0 Å². The van der Waals surface area contributed by atoms with Crippen molar-refractivity contribution in [3.63, 3.8) is 0 Å². The van der Waals surface area contributed by atoms with Crippen LogP contribution in [0.15, 0.2) is 47.3 Å². The maximum Gasteiger partial charge on any atom is 0.312 e. The first-order valence-electron chi connectivity index (χ1n) is 6.84. The van der Waals surface area contributed by atoms with Crippen LogP contribution in [-0.2, 0) is 6.54 Å². The predicted molar refractivity (Wildman–Crippen MR) is 80.8 cm³/mol. The Morgan fingerprint density at radius 2 is 1.90 bits per heavy atom. The van der Waals surface area contributed by atoms with Crippen LogP contribution in [-0.4, -0.2) is 22.4 Å². The molecule has 0 aliphatic heterocycles. The molecule has 0 atom stereocenters. The lowest BCUT2D eigenvalue weighted by atomic mass is 10.1. The average molecular weight is 286 g/mol. The molecular formula is C15H18N4O2. The first-order valence-corrected chi connectivity index (χ1v) is 6.84. The molecule has 6 nitrogen and oxygen atoms in total. The number of nitrogens with one attached hydrogen (secondary N) is 1. The van der Waals surface area contributed by atoms with Gasteiger partial charge >= 0.3 is 6.03 Å². The summed E-state index contributed by atoms with van der Waals surface area (Å²) in [6.45, 7) is 1.02. The minimum Gasteiger partial charge on any atom is -0.352 e. The van der Waals surface area contributed by atoms with Crippen LogP contribution in [0.4, 0.5) is 4.79 Å². The zero-order chi connectivity index (χ0) is 15.1. The van der Waals surface area contributed by atoms with Crippen molar-refractivity contribution in [3.05, 3.63) is 52.8 Å². The molecule has 0 fully saturated rings. The molecule has 1 aromatic carbocycles. The molecule has 0 radical (unpaired) electrons. The fourth-order valence-electron chi connectivity index (χ4n) is 1.97. The number of unbranched alkanes of at least 4 members (excludes halogenated alkanes) is 1. The Hall–Kier alpha value is -2.63. The average Bonchev–Trinajstić information content (AvgIpc) is 2.49. The number of hydrogen-bond donors (Lipinski definition) is 2. The lowest BCUT2D eigenvalue weighted by molar-refractivity contribution is 0.248. The zero-order valence-corrected chi connectivity index (χ0v) is 11.7. The maximum absolute atomic E-state index is 11.8. The molecule has 2 rings (SSSR count). The van der Waals surface area contributed by atoms with E-state index in [1.807, 2.05) is 30.3 Å². The molecule has 1 aromatic heterocycles. The van der Waals surface area contributed by atoms with Gasteiger partial charge in [0.25, 0.3) is 5.56 Å². The van der Waals surface area contributed by atoms with Crippen molar-refractivity contribution < 1.29 is 4.79 Å². The van der Waals surface area contributed by atoms with E-state index >= 15 is 0 Å². The van der Waals surface area contributed by atoms with Crippen LogP contribution in [0.3, 0.4) is 0 Å². The van der Waals surface area contributed by atoms with Crippen LogP contribution in [0.25, 0.3) is 11.3 Å². The van der Waals surface area contributed by atoms with E-state index in [0.717, 1.165) is 24.1 Å². The van der Waals surface area contributed by atoms with Gasteiger partial charge in [0, 0.05) is 24.7 Å². The van der Waals surface area contributed by atoms with Gasteiger partial charge in [0.05, 0.1) is 5.69 Å². The third-order valence-corrected chi connectivity index (χ3v) is 3.03. The third kappa shape index (κ3) is 4.45. The number of primary amides is 1. The molecule has 0 bridgehead atoms. The second kappa shape index (κ2) is 7.23. The summed E-state index contributed by atoms with van der Waals surface area (Å²) >= 11 is 0.